The predicted molar refractivity (Wildman–Crippen MR) is 48.6 cm³/mol. The van der Waals surface area contributed by atoms with Gasteiger partial charge in [-0.1, -0.05) is 0 Å². The Morgan fingerprint density at radius 3 is 2.77 bits per heavy atom. The highest BCUT2D eigenvalue weighted by atomic mass is 15.1. The minimum Gasteiger partial charge on any atom is -0.368 e. The third-order valence-electron chi connectivity index (χ3n) is 1.72. The van der Waals surface area contributed by atoms with Crippen LogP contribution in [0, 0.1) is 0 Å². The molecule has 0 aromatic carbocycles. The van der Waals surface area contributed by atoms with Gasteiger partial charge in [0.25, 0.3) is 0 Å². The molecule has 0 bridgehead atoms. The van der Waals surface area contributed by atoms with E-state index in [2.05, 4.69) is 15.0 Å². The molecule has 13 heavy (non-hydrogen) atoms. The maximum Gasteiger partial charge on any atom is 0.220 e. The molecule has 0 fully saturated rings. The Balaban J connectivity index is 2.53. The molecule has 0 atom stereocenters. The Labute approximate surface area is 75.3 Å². The summed E-state index contributed by atoms with van der Waals surface area (Å²) in [6.45, 7) is 0. The number of hydrogen-bond acceptors (Lipinski definition) is 4. The van der Waals surface area contributed by atoms with Crippen LogP contribution in [-0.4, -0.2) is 19.5 Å². The first-order valence-electron chi connectivity index (χ1n) is 3.83. The molecular formula is C8H9N5. The van der Waals surface area contributed by atoms with Crippen LogP contribution in [0.2, 0.25) is 0 Å². The molecule has 5 nitrogen and oxygen atoms in total. The summed E-state index contributed by atoms with van der Waals surface area (Å²) < 4.78 is 1.88. The predicted octanol–water partition coefficient (Wildman–Crippen LogP) is 0.459. The number of anilines is 1. The van der Waals surface area contributed by atoms with Crippen LogP contribution < -0.4 is 5.73 Å². The van der Waals surface area contributed by atoms with Gasteiger partial charge in [-0.3, -0.25) is 0 Å². The van der Waals surface area contributed by atoms with Gasteiger partial charge in [-0.15, -0.1) is 0 Å². The quantitative estimate of drug-likeness (QED) is 0.683. The summed E-state index contributed by atoms with van der Waals surface area (Å²) in [4.78, 5) is 12.0. The normalized spacial score (nSPS) is 10.2. The van der Waals surface area contributed by atoms with E-state index in [1.54, 1.807) is 18.5 Å². The zero-order valence-electron chi connectivity index (χ0n) is 7.18. The van der Waals surface area contributed by atoms with E-state index >= 15 is 0 Å². The molecule has 0 aliphatic heterocycles. The highest BCUT2D eigenvalue weighted by Crippen LogP contribution is 2.12. The Kier molecular flexibility index (Phi) is 1.70. The van der Waals surface area contributed by atoms with Crippen LogP contribution in [0.15, 0.2) is 24.7 Å². The van der Waals surface area contributed by atoms with Gasteiger partial charge in [0.2, 0.25) is 5.95 Å². The van der Waals surface area contributed by atoms with Crippen molar-refractivity contribution in [3.63, 3.8) is 0 Å². The van der Waals surface area contributed by atoms with Gasteiger partial charge in [0.1, 0.15) is 5.69 Å². The second-order valence-electron chi connectivity index (χ2n) is 2.66. The molecule has 0 saturated heterocycles. The number of nitrogens with two attached hydrogens (primary N) is 1. The molecule has 5 heteroatoms. The molecule has 2 aromatic heterocycles. The molecule has 0 saturated carbocycles. The fourth-order valence-corrected chi connectivity index (χ4v) is 1.11. The lowest BCUT2D eigenvalue weighted by Gasteiger charge is -2.00. The van der Waals surface area contributed by atoms with Crippen molar-refractivity contribution in [1.82, 2.24) is 19.5 Å². The Morgan fingerprint density at radius 2 is 2.15 bits per heavy atom. The van der Waals surface area contributed by atoms with Gasteiger partial charge >= 0.3 is 0 Å². The maximum atomic E-state index is 5.46. The molecule has 2 aromatic rings. The largest absolute Gasteiger partial charge is 0.368 e. The molecule has 2 rings (SSSR count). The van der Waals surface area contributed by atoms with E-state index in [1.807, 2.05) is 17.8 Å². The lowest BCUT2D eigenvalue weighted by atomic mass is 10.4. The fraction of sp³-hybridized carbons (Fsp3) is 0.125. The first-order valence-corrected chi connectivity index (χ1v) is 3.83. The summed E-state index contributed by atoms with van der Waals surface area (Å²) in [6, 6.07) is 1.78. The standard InChI is InChI=1S/C8H9N5/c1-13-5-4-10-7(13)6-2-3-11-8(9)12-6/h2-5H,1H3,(H2,9,11,12). The molecule has 0 aliphatic rings. The smallest absolute Gasteiger partial charge is 0.220 e. The van der Waals surface area contributed by atoms with E-state index in [0.29, 0.717) is 0 Å². The molecular weight excluding hydrogens is 166 g/mol. The highest BCUT2D eigenvalue weighted by molar-refractivity contribution is 5.50. The van der Waals surface area contributed by atoms with Crippen molar-refractivity contribution in [2.75, 3.05) is 5.73 Å². The molecule has 0 aliphatic carbocycles. The van der Waals surface area contributed by atoms with E-state index < -0.39 is 0 Å². The van der Waals surface area contributed by atoms with Crippen molar-refractivity contribution in [3.8, 4) is 11.5 Å². The van der Waals surface area contributed by atoms with Gasteiger partial charge in [0.15, 0.2) is 5.82 Å². The second kappa shape index (κ2) is 2.85. The average Bonchev–Trinajstić information content (AvgIpc) is 2.51. The molecule has 0 amide bonds. The van der Waals surface area contributed by atoms with Crippen molar-refractivity contribution < 1.29 is 0 Å². The van der Waals surface area contributed by atoms with E-state index in [0.717, 1.165) is 11.5 Å². The third kappa shape index (κ3) is 1.35. The van der Waals surface area contributed by atoms with Crippen molar-refractivity contribution in [1.29, 1.82) is 0 Å². The van der Waals surface area contributed by atoms with Gasteiger partial charge in [-0.2, -0.15) is 0 Å². The summed E-state index contributed by atoms with van der Waals surface area (Å²) in [5.74, 6) is 1.05. The van der Waals surface area contributed by atoms with E-state index in [4.69, 9.17) is 5.73 Å². The van der Waals surface area contributed by atoms with Crippen LogP contribution in [0.4, 0.5) is 5.95 Å². The maximum absolute atomic E-state index is 5.46. The van der Waals surface area contributed by atoms with Gasteiger partial charge in [-0.25, -0.2) is 15.0 Å². The molecule has 2 N–H and O–H groups in total. The Hall–Kier alpha value is -1.91. The molecule has 0 unspecified atom stereocenters. The number of imidazole rings is 1. The summed E-state index contributed by atoms with van der Waals surface area (Å²) in [5.41, 5.74) is 6.19. The monoisotopic (exact) mass is 175 g/mol. The number of nitrogen functional groups attached to an aromatic ring is 1. The van der Waals surface area contributed by atoms with Gasteiger partial charge in [0, 0.05) is 25.6 Å². The van der Waals surface area contributed by atoms with Crippen LogP contribution in [-0.2, 0) is 7.05 Å². The molecule has 0 radical (unpaired) electrons. The van der Waals surface area contributed by atoms with Crippen LogP contribution in [0.5, 0.6) is 0 Å². The number of aromatic nitrogens is 4. The third-order valence-corrected chi connectivity index (χ3v) is 1.72. The summed E-state index contributed by atoms with van der Waals surface area (Å²) >= 11 is 0. The first-order chi connectivity index (χ1) is 6.27. The van der Waals surface area contributed by atoms with Crippen LogP contribution in [0.3, 0.4) is 0 Å². The van der Waals surface area contributed by atoms with E-state index in [-0.39, 0.29) is 5.95 Å². The van der Waals surface area contributed by atoms with Gasteiger partial charge < -0.3 is 10.3 Å². The molecule has 0 spiro atoms. The summed E-state index contributed by atoms with van der Waals surface area (Å²) in [6.07, 6.45) is 5.19. The fourth-order valence-electron chi connectivity index (χ4n) is 1.11. The van der Waals surface area contributed by atoms with Crippen molar-refractivity contribution in [2.45, 2.75) is 0 Å². The average molecular weight is 175 g/mol. The van der Waals surface area contributed by atoms with Crippen molar-refractivity contribution in [2.24, 2.45) is 7.05 Å². The van der Waals surface area contributed by atoms with Gasteiger partial charge in [0.05, 0.1) is 0 Å². The SMILES string of the molecule is Cn1ccnc1-c1ccnc(N)n1. The number of hydrogen-bond donors (Lipinski definition) is 1. The topological polar surface area (TPSA) is 69.6 Å². The number of rotatable bonds is 1. The van der Waals surface area contributed by atoms with Crippen molar-refractivity contribution in [3.05, 3.63) is 24.7 Å². The highest BCUT2D eigenvalue weighted by Gasteiger charge is 2.04. The van der Waals surface area contributed by atoms with Crippen LogP contribution >= 0.6 is 0 Å². The molecule has 2 heterocycles. The van der Waals surface area contributed by atoms with Gasteiger partial charge in [-0.05, 0) is 6.07 Å². The van der Waals surface area contributed by atoms with Crippen molar-refractivity contribution >= 4 is 5.95 Å². The first kappa shape index (κ1) is 7.72. The van der Waals surface area contributed by atoms with E-state index in [9.17, 15) is 0 Å². The minimum absolute atomic E-state index is 0.264. The zero-order valence-corrected chi connectivity index (χ0v) is 7.18. The van der Waals surface area contributed by atoms with E-state index in [1.165, 1.54) is 0 Å². The lowest BCUT2D eigenvalue weighted by molar-refractivity contribution is 0.916. The second-order valence-corrected chi connectivity index (χ2v) is 2.66. The van der Waals surface area contributed by atoms with Crippen LogP contribution in [0.1, 0.15) is 0 Å². The Bertz CT molecular complexity index is 420. The Morgan fingerprint density at radius 1 is 1.31 bits per heavy atom. The van der Waals surface area contributed by atoms with Crippen LogP contribution in [0.25, 0.3) is 11.5 Å². The molecule has 66 valence electrons. The summed E-state index contributed by atoms with van der Waals surface area (Å²) in [7, 11) is 1.90. The zero-order chi connectivity index (χ0) is 9.26. The minimum atomic E-state index is 0.264. The lowest BCUT2D eigenvalue weighted by Crippen LogP contribution is -1.98. The number of aryl methyl sites for hydroxylation is 1. The summed E-state index contributed by atoms with van der Waals surface area (Å²) in [5, 5.41) is 0. The number of nitrogens with zero attached hydrogens (tertiary/aromatic N) is 4.